The molecule has 2 aromatic rings. The first-order valence-electron chi connectivity index (χ1n) is 6.22. The standard InChI is InChI=1S/C15H16N2O/c1-11-8-12-4-2-3-5-14(12)17(11)15-6-7-16-9-13(15)10-18/h2-7,9,11,18H,8,10H2,1H3. The van der Waals surface area contributed by atoms with Gasteiger partial charge in [-0.25, -0.2) is 0 Å². The van der Waals surface area contributed by atoms with E-state index in [-0.39, 0.29) is 6.61 Å². The van der Waals surface area contributed by atoms with Gasteiger partial charge in [0.15, 0.2) is 0 Å². The summed E-state index contributed by atoms with van der Waals surface area (Å²) in [6.45, 7) is 2.23. The number of rotatable bonds is 2. The van der Waals surface area contributed by atoms with Gasteiger partial charge in [0.05, 0.1) is 6.61 Å². The Kier molecular flexibility index (Phi) is 2.76. The molecule has 0 amide bonds. The molecule has 0 radical (unpaired) electrons. The maximum absolute atomic E-state index is 9.45. The molecule has 0 saturated carbocycles. The van der Waals surface area contributed by atoms with Crippen molar-refractivity contribution in [2.24, 2.45) is 0 Å². The zero-order valence-corrected chi connectivity index (χ0v) is 10.4. The quantitative estimate of drug-likeness (QED) is 0.876. The Morgan fingerprint density at radius 2 is 2.11 bits per heavy atom. The highest BCUT2D eigenvalue weighted by atomic mass is 16.3. The number of benzene rings is 1. The molecular weight excluding hydrogens is 224 g/mol. The minimum absolute atomic E-state index is 0.0224. The van der Waals surface area contributed by atoms with Gasteiger partial charge in [0, 0.05) is 35.4 Å². The van der Waals surface area contributed by atoms with Crippen molar-refractivity contribution in [1.82, 2.24) is 4.98 Å². The number of anilines is 2. The summed E-state index contributed by atoms with van der Waals surface area (Å²) in [6, 6.07) is 10.8. The van der Waals surface area contributed by atoms with E-state index in [1.807, 2.05) is 6.07 Å². The molecule has 1 aromatic carbocycles. The Balaban J connectivity index is 2.12. The average Bonchev–Trinajstić information content (AvgIpc) is 2.74. The highest BCUT2D eigenvalue weighted by molar-refractivity contribution is 5.72. The SMILES string of the molecule is CC1Cc2ccccc2N1c1ccncc1CO. The maximum Gasteiger partial charge on any atom is 0.0717 e. The van der Waals surface area contributed by atoms with Crippen molar-refractivity contribution in [3.8, 4) is 0 Å². The van der Waals surface area contributed by atoms with Crippen LogP contribution in [0.5, 0.6) is 0 Å². The third-order valence-electron chi connectivity index (χ3n) is 3.51. The second-order valence-electron chi connectivity index (χ2n) is 4.71. The van der Waals surface area contributed by atoms with Gasteiger partial charge in [-0.15, -0.1) is 0 Å². The van der Waals surface area contributed by atoms with E-state index in [4.69, 9.17) is 0 Å². The second kappa shape index (κ2) is 4.42. The number of hydrogen-bond donors (Lipinski definition) is 1. The number of fused-ring (bicyclic) bond motifs is 1. The lowest BCUT2D eigenvalue weighted by Crippen LogP contribution is -2.25. The molecule has 1 unspecified atom stereocenters. The molecule has 0 spiro atoms. The molecule has 0 aliphatic carbocycles. The van der Waals surface area contributed by atoms with Crippen LogP contribution in [0.15, 0.2) is 42.7 Å². The number of aliphatic hydroxyl groups excluding tert-OH is 1. The lowest BCUT2D eigenvalue weighted by atomic mass is 10.1. The van der Waals surface area contributed by atoms with Gasteiger partial charge in [-0.05, 0) is 31.0 Å². The monoisotopic (exact) mass is 240 g/mol. The van der Waals surface area contributed by atoms with Crippen LogP contribution in [-0.2, 0) is 13.0 Å². The van der Waals surface area contributed by atoms with Crippen molar-refractivity contribution in [1.29, 1.82) is 0 Å². The molecule has 0 bridgehead atoms. The fourth-order valence-corrected chi connectivity index (χ4v) is 2.71. The number of aliphatic hydroxyl groups is 1. The summed E-state index contributed by atoms with van der Waals surface area (Å²) in [6.07, 6.45) is 4.56. The van der Waals surface area contributed by atoms with Crippen molar-refractivity contribution in [3.05, 3.63) is 53.9 Å². The van der Waals surface area contributed by atoms with Crippen molar-refractivity contribution in [3.63, 3.8) is 0 Å². The molecule has 92 valence electrons. The fraction of sp³-hybridized carbons (Fsp3) is 0.267. The summed E-state index contributed by atoms with van der Waals surface area (Å²) in [5.74, 6) is 0. The van der Waals surface area contributed by atoms with E-state index in [2.05, 4.69) is 41.1 Å². The topological polar surface area (TPSA) is 36.4 Å². The van der Waals surface area contributed by atoms with Crippen molar-refractivity contribution in [2.75, 3.05) is 4.90 Å². The first-order chi connectivity index (χ1) is 8.81. The van der Waals surface area contributed by atoms with E-state index in [1.54, 1.807) is 12.4 Å². The van der Waals surface area contributed by atoms with Crippen LogP contribution in [0.2, 0.25) is 0 Å². The van der Waals surface area contributed by atoms with Crippen LogP contribution in [0.3, 0.4) is 0 Å². The summed E-state index contributed by atoms with van der Waals surface area (Å²) < 4.78 is 0. The molecule has 3 nitrogen and oxygen atoms in total. The molecule has 0 saturated heterocycles. The van der Waals surface area contributed by atoms with Gasteiger partial charge in [0.2, 0.25) is 0 Å². The van der Waals surface area contributed by atoms with E-state index in [0.717, 1.165) is 17.7 Å². The van der Waals surface area contributed by atoms with E-state index in [1.165, 1.54) is 11.3 Å². The average molecular weight is 240 g/mol. The lowest BCUT2D eigenvalue weighted by molar-refractivity contribution is 0.281. The molecule has 1 aliphatic heterocycles. The van der Waals surface area contributed by atoms with Crippen LogP contribution in [0.25, 0.3) is 0 Å². The molecule has 2 heterocycles. The highest BCUT2D eigenvalue weighted by Crippen LogP contribution is 2.39. The molecular formula is C15H16N2O. The predicted octanol–water partition coefficient (Wildman–Crippen LogP) is 2.66. The zero-order chi connectivity index (χ0) is 12.5. The number of hydrogen-bond acceptors (Lipinski definition) is 3. The van der Waals surface area contributed by atoms with Crippen LogP contribution >= 0.6 is 0 Å². The summed E-state index contributed by atoms with van der Waals surface area (Å²) in [5.41, 5.74) is 4.54. The van der Waals surface area contributed by atoms with Crippen molar-refractivity contribution < 1.29 is 5.11 Å². The van der Waals surface area contributed by atoms with Crippen LogP contribution < -0.4 is 4.90 Å². The summed E-state index contributed by atoms with van der Waals surface area (Å²) in [4.78, 5) is 6.38. The molecule has 3 heteroatoms. The Bertz CT molecular complexity index is 568. The largest absolute Gasteiger partial charge is 0.392 e. The van der Waals surface area contributed by atoms with Gasteiger partial charge in [-0.1, -0.05) is 18.2 Å². The third kappa shape index (κ3) is 1.68. The molecule has 18 heavy (non-hydrogen) atoms. The van der Waals surface area contributed by atoms with Crippen LogP contribution in [-0.4, -0.2) is 16.1 Å². The smallest absolute Gasteiger partial charge is 0.0717 e. The molecule has 3 rings (SSSR count). The van der Waals surface area contributed by atoms with E-state index < -0.39 is 0 Å². The number of nitrogens with zero attached hydrogens (tertiary/aromatic N) is 2. The molecule has 1 atom stereocenters. The molecule has 1 N–H and O–H groups in total. The lowest BCUT2D eigenvalue weighted by Gasteiger charge is -2.26. The molecule has 1 aliphatic rings. The Hall–Kier alpha value is -1.87. The molecule has 0 fully saturated rings. The van der Waals surface area contributed by atoms with E-state index in [9.17, 15) is 5.11 Å². The Morgan fingerprint density at radius 3 is 2.94 bits per heavy atom. The number of para-hydroxylation sites is 1. The third-order valence-corrected chi connectivity index (χ3v) is 3.51. The summed E-state index contributed by atoms with van der Waals surface area (Å²) >= 11 is 0. The number of pyridine rings is 1. The van der Waals surface area contributed by atoms with Gasteiger partial charge in [-0.3, -0.25) is 4.98 Å². The van der Waals surface area contributed by atoms with Gasteiger partial charge >= 0.3 is 0 Å². The van der Waals surface area contributed by atoms with Gasteiger partial charge in [0.25, 0.3) is 0 Å². The van der Waals surface area contributed by atoms with Crippen molar-refractivity contribution in [2.45, 2.75) is 26.0 Å². The first-order valence-corrected chi connectivity index (χ1v) is 6.22. The Morgan fingerprint density at radius 1 is 1.28 bits per heavy atom. The zero-order valence-electron chi connectivity index (χ0n) is 10.4. The van der Waals surface area contributed by atoms with Gasteiger partial charge < -0.3 is 10.0 Å². The van der Waals surface area contributed by atoms with E-state index >= 15 is 0 Å². The van der Waals surface area contributed by atoms with Crippen LogP contribution in [0.1, 0.15) is 18.1 Å². The highest BCUT2D eigenvalue weighted by Gasteiger charge is 2.27. The maximum atomic E-state index is 9.45. The minimum Gasteiger partial charge on any atom is -0.392 e. The Labute approximate surface area is 107 Å². The second-order valence-corrected chi connectivity index (χ2v) is 4.71. The van der Waals surface area contributed by atoms with Gasteiger partial charge in [0.1, 0.15) is 0 Å². The number of aromatic nitrogens is 1. The van der Waals surface area contributed by atoms with Crippen molar-refractivity contribution >= 4 is 11.4 Å². The molecule has 1 aromatic heterocycles. The van der Waals surface area contributed by atoms with Gasteiger partial charge in [-0.2, -0.15) is 0 Å². The fourth-order valence-electron chi connectivity index (χ4n) is 2.71. The summed E-state index contributed by atoms with van der Waals surface area (Å²) in [5, 5.41) is 9.45. The van der Waals surface area contributed by atoms with Crippen LogP contribution in [0, 0.1) is 0 Å². The van der Waals surface area contributed by atoms with E-state index in [0.29, 0.717) is 6.04 Å². The normalized spacial score (nSPS) is 17.9. The first kappa shape index (κ1) is 11.2. The summed E-state index contributed by atoms with van der Waals surface area (Å²) in [7, 11) is 0. The van der Waals surface area contributed by atoms with Crippen LogP contribution in [0.4, 0.5) is 11.4 Å². The predicted molar refractivity (Wildman–Crippen MR) is 71.9 cm³/mol. The minimum atomic E-state index is 0.0224.